The van der Waals surface area contributed by atoms with Gasteiger partial charge in [0.25, 0.3) is 5.56 Å². The molecule has 6 nitrogen and oxygen atoms in total. The molecule has 0 saturated carbocycles. The van der Waals surface area contributed by atoms with Crippen molar-refractivity contribution in [2.75, 3.05) is 6.61 Å². The number of carbonyl (C=O) groups excluding carboxylic acids is 1. The predicted octanol–water partition coefficient (Wildman–Crippen LogP) is 3.51. The molecule has 0 bridgehead atoms. The molecule has 0 atom stereocenters. The summed E-state index contributed by atoms with van der Waals surface area (Å²) in [7, 11) is 0. The summed E-state index contributed by atoms with van der Waals surface area (Å²) in [5.74, 6) is 0.343. The van der Waals surface area contributed by atoms with Gasteiger partial charge in [-0.15, -0.1) is 0 Å². The van der Waals surface area contributed by atoms with Crippen molar-refractivity contribution >= 4 is 27.6 Å². The second-order valence-electron chi connectivity index (χ2n) is 6.44. The zero-order valence-electron chi connectivity index (χ0n) is 15.3. The minimum atomic E-state index is -0.541. The lowest BCUT2D eigenvalue weighted by atomic mass is 10.1. The first-order chi connectivity index (χ1) is 13.6. The number of ether oxygens (including phenoxy) is 2. The lowest BCUT2D eigenvalue weighted by Crippen LogP contribution is -2.18. The Morgan fingerprint density at radius 3 is 2.71 bits per heavy atom. The van der Waals surface area contributed by atoms with Crippen LogP contribution < -0.4 is 10.3 Å². The second kappa shape index (κ2) is 7.52. The van der Waals surface area contributed by atoms with E-state index in [9.17, 15) is 9.59 Å². The maximum atomic E-state index is 12.2. The highest BCUT2D eigenvalue weighted by atomic mass is 16.6. The minimum absolute atomic E-state index is 0.126. The fourth-order valence-corrected chi connectivity index (χ4v) is 3.01. The number of rotatable bonds is 5. The van der Waals surface area contributed by atoms with Gasteiger partial charge in [-0.3, -0.25) is 4.79 Å². The van der Waals surface area contributed by atoms with Gasteiger partial charge in [0, 0.05) is 0 Å². The first kappa shape index (κ1) is 17.7. The van der Waals surface area contributed by atoms with Gasteiger partial charge in [-0.05, 0) is 41.5 Å². The van der Waals surface area contributed by atoms with Crippen molar-refractivity contribution in [2.24, 2.45) is 0 Å². The molecule has 140 valence electrons. The minimum Gasteiger partial charge on any atom is -0.482 e. The van der Waals surface area contributed by atoms with Gasteiger partial charge in [-0.25, -0.2) is 9.78 Å². The number of aromatic nitrogens is 2. The van der Waals surface area contributed by atoms with Crippen LogP contribution in [-0.4, -0.2) is 22.5 Å². The number of benzene rings is 3. The highest BCUT2D eigenvalue weighted by molar-refractivity contribution is 5.84. The van der Waals surface area contributed by atoms with E-state index < -0.39 is 5.97 Å². The van der Waals surface area contributed by atoms with Crippen LogP contribution in [0.4, 0.5) is 0 Å². The second-order valence-corrected chi connectivity index (χ2v) is 6.44. The Balaban J connectivity index is 1.39. The molecule has 0 fully saturated rings. The van der Waals surface area contributed by atoms with E-state index in [4.69, 9.17) is 9.47 Å². The van der Waals surface area contributed by atoms with E-state index in [0.717, 1.165) is 16.3 Å². The molecule has 0 amide bonds. The fraction of sp³-hybridized carbons (Fsp3) is 0.136. The number of nitrogens with one attached hydrogen (secondary N) is 1. The maximum absolute atomic E-state index is 12.2. The van der Waals surface area contributed by atoms with E-state index in [0.29, 0.717) is 22.5 Å². The summed E-state index contributed by atoms with van der Waals surface area (Å²) in [6.45, 7) is 1.52. The van der Waals surface area contributed by atoms with Crippen molar-refractivity contribution < 1.29 is 14.3 Å². The van der Waals surface area contributed by atoms with Gasteiger partial charge in [-0.2, -0.15) is 0 Å². The monoisotopic (exact) mass is 374 g/mol. The van der Waals surface area contributed by atoms with Crippen molar-refractivity contribution in [1.29, 1.82) is 0 Å². The lowest BCUT2D eigenvalue weighted by Gasteiger charge is -2.08. The summed E-state index contributed by atoms with van der Waals surface area (Å²) >= 11 is 0. The summed E-state index contributed by atoms with van der Waals surface area (Å²) in [6.07, 6.45) is 0. The van der Waals surface area contributed by atoms with Crippen LogP contribution in [0.2, 0.25) is 0 Å². The zero-order valence-corrected chi connectivity index (χ0v) is 15.3. The Morgan fingerprint density at radius 2 is 1.86 bits per heavy atom. The van der Waals surface area contributed by atoms with Crippen molar-refractivity contribution in [3.63, 3.8) is 0 Å². The van der Waals surface area contributed by atoms with Gasteiger partial charge in [0.15, 0.2) is 6.61 Å². The third-order valence-corrected chi connectivity index (χ3v) is 4.43. The average molecular weight is 374 g/mol. The molecule has 0 spiro atoms. The molecule has 1 heterocycles. The van der Waals surface area contributed by atoms with E-state index in [1.54, 1.807) is 18.2 Å². The number of fused-ring (bicyclic) bond motifs is 2. The molecule has 4 aromatic rings. The fourth-order valence-electron chi connectivity index (χ4n) is 3.01. The standard InChI is InChI=1S/C22H18N2O4/c1-14-5-4-8-18-21(14)23-19(24-22(18)26)12-28-20(25)13-27-17-10-9-15-6-2-3-7-16(15)11-17/h2-11H,12-13H2,1H3,(H,23,24,26). The number of nitrogens with zero attached hydrogens (tertiary/aromatic N) is 1. The first-order valence-electron chi connectivity index (χ1n) is 8.86. The summed E-state index contributed by atoms with van der Waals surface area (Å²) in [5, 5.41) is 2.63. The molecule has 0 radical (unpaired) electrons. The SMILES string of the molecule is Cc1cccc2c(=O)[nH]c(COC(=O)COc3ccc4ccccc4c3)nc12. The Hall–Kier alpha value is -3.67. The first-order valence-corrected chi connectivity index (χ1v) is 8.86. The predicted molar refractivity (Wildman–Crippen MR) is 106 cm³/mol. The number of H-pyrrole nitrogens is 1. The highest BCUT2D eigenvalue weighted by Gasteiger charge is 2.09. The van der Waals surface area contributed by atoms with Crippen molar-refractivity contribution in [3.8, 4) is 5.75 Å². The molecule has 6 heteroatoms. The topological polar surface area (TPSA) is 81.3 Å². The van der Waals surface area contributed by atoms with E-state index in [1.165, 1.54) is 0 Å². The molecule has 0 unspecified atom stereocenters. The molecule has 1 N–H and O–H groups in total. The average Bonchev–Trinajstić information content (AvgIpc) is 2.71. The quantitative estimate of drug-likeness (QED) is 0.541. The molecule has 3 aromatic carbocycles. The summed E-state index contributed by atoms with van der Waals surface area (Å²) in [5.41, 5.74) is 1.23. The molecule has 0 aliphatic carbocycles. The van der Waals surface area contributed by atoms with Crippen LogP contribution in [0, 0.1) is 6.92 Å². The van der Waals surface area contributed by atoms with Gasteiger partial charge in [0.1, 0.15) is 18.2 Å². The normalized spacial score (nSPS) is 10.9. The Labute approximate surface area is 160 Å². The van der Waals surface area contributed by atoms with Crippen LogP contribution >= 0.6 is 0 Å². The highest BCUT2D eigenvalue weighted by Crippen LogP contribution is 2.20. The Bertz CT molecular complexity index is 1230. The molecular weight excluding hydrogens is 356 g/mol. The van der Waals surface area contributed by atoms with Crippen LogP contribution in [0.3, 0.4) is 0 Å². The van der Waals surface area contributed by atoms with Gasteiger partial charge >= 0.3 is 5.97 Å². The van der Waals surface area contributed by atoms with E-state index in [-0.39, 0.29) is 18.8 Å². The third-order valence-electron chi connectivity index (χ3n) is 4.43. The Kier molecular flexibility index (Phi) is 4.76. The van der Waals surface area contributed by atoms with Gasteiger partial charge in [0.2, 0.25) is 0 Å². The van der Waals surface area contributed by atoms with Crippen LogP contribution in [0.15, 0.2) is 65.5 Å². The largest absolute Gasteiger partial charge is 0.482 e. The van der Waals surface area contributed by atoms with Crippen LogP contribution in [0.1, 0.15) is 11.4 Å². The molecule has 28 heavy (non-hydrogen) atoms. The van der Waals surface area contributed by atoms with E-state index >= 15 is 0 Å². The third kappa shape index (κ3) is 3.71. The number of aryl methyl sites for hydroxylation is 1. The number of hydrogen-bond acceptors (Lipinski definition) is 5. The summed E-state index contributed by atoms with van der Waals surface area (Å²) < 4.78 is 10.7. The van der Waals surface area contributed by atoms with E-state index in [2.05, 4.69) is 9.97 Å². The number of esters is 1. The van der Waals surface area contributed by atoms with Crippen molar-refractivity contribution in [3.05, 3.63) is 82.4 Å². The maximum Gasteiger partial charge on any atom is 0.344 e. The van der Waals surface area contributed by atoms with Crippen LogP contribution in [-0.2, 0) is 16.1 Å². The number of para-hydroxylation sites is 1. The smallest absolute Gasteiger partial charge is 0.344 e. The van der Waals surface area contributed by atoms with Crippen molar-refractivity contribution in [2.45, 2.75) is 13.5 Å². The molecule has 0 aliphatic heterocycles. The number of aromatic amines is 1. The van der Waals surface area contributed by atoms with Gasteiger partial charge in [-0.1, -0.05) is 42.5 Å². The van der Waals surface area contributed by atoms with Crippen LogP contribution in [0.5, 0.6) is 5.75 Å². The summed E-state index contributed by atoms with van der Waals surface area (Å²) in [4.78, 5) is 31.2. The van der Waals surface area contributed by atoms with Crippen LogP contribution in [0.25, 0.3) is 21.7 Å². The van der Waals surface area contributed by atoms with Crippen molar-refractivity contribution in [1.82, 2.24) is 9.97 Å². The number of hydrogen-bond donors (Lipinski definition) is 1. The summed E-state index contributed by atoms with van der Waals surface area (Å²) in [6, 6.07) is 18.9. The molecule has 4 rings (SSSR count). The molecule has 0 saturated heterocycles. The molecular formula is C22H18N2O4. The van der Waals surface area contributed by atoms with E-state index in [1.807, 2.05) is 49.4 Å². The zero-order chi connectivity index (χ0) is 19.5. The number of carbonyl (C=O) groups is 1. The molecule has 0 aliphatic rings. The van der Waals surface area contributed by atoms with Gasteiger partial charge < -0.3 is 14.5 Å². The van der Waals surface area contributed by atoms with Gasteiger partial charge in [0.05, 0.1) is 10.9 Å². The lowest BCUT2D eigenvalue weighted by molar-refractivity contribution is -0.147. The molecule has 1 aromatic heterocycles. The Morgan fingerprint density at radius 1 is 1.04 bits per heavy atom.